The van der Waals surface area contributed by atoms with Crippen molar-refractivity contribution in [2.45, 2.75) is 31.4 Å². The highest BCUT2D eigenvalue weighted by atomic mass is 32.2. The Morgan fingerprint density at radius 3 is 2.88 bits per heavy atom. The van der Waals surface area contributed by atoms with E-state index in [2.05, 4.69) is 9.97 Å². The van der Waals surface area contributed by atoms with Crippen molar-refractivity contribution in [1.82, 2.24) is 9.97 Å². The van der Waals surface area contributed by atoms with Gasteiger partial charge in [-0.1, -0.05) is 17.8 Å². The van der Waals surface area contributed by atoms with Crippen LogP contribution in [0.5, 0.6) is 0 Å². The molecule has 0 aromatic carbocycles. The van der Waals surface area contributed by atoms with E-state index >= 15 is 0 Å². The maximum Gasteiger partial charge on any atom is 0.256 e. The Balaban J connectivity index is 2.07. The van der Waals surface area contributed by atoms with Crippen molar-refractivity contribution in [2.75, 3.05) is 0 Å². The van der Waals surface area contributed by atoms with Gasteiger partial charge in [-0.15, -0.1) is 0 Å². The van der Waals surface area contributed by atoms with Crippen LogP contribution in [0.4, 0.5) is 0 Å². The van der Waals surface area contributed by atoms with Crippen LogP contribution in [0.2, 0.25) is 0 Å². The van der Waals surface area contributed by atoms with Gasteiger partial charge >= 0.3 is 0 Å². The molecule has 0 saturated carbocycles. The average molecular weight is 249 g/mol. The first-order valence-electron chi connectivity index (χ1n) is 5.40. The highest BCUT2D eigenvalue weighted by Gasteiger charge is 2.08. The predicted molar refractivity (Wildman–Crippen MR) is 67.7 cm³/mol. The molecule has 0 atom stereocenters. The Morgan fingerprint density at radius 1 is 1.41 bits per heavy atom. The lowest BCUT2D eigenvalue weighted by Gasteiger charge is -2.03. The molecule has 0 fully saturated rings. The fourth-order valence-electron chi connectivity index (χ4n) is 1.43. The van der Waals surface area contributed by atoms with Gasteiger partial charge in [0.05, 0.1) is 11.4 Å². The number of oxazole rings is 1. The molecule has 0 unspecified atom stereocenters. The summed E-state index contributed by atoms with van der Waals surface area (Å²) in [5.41, 5.74) is 8.64. The molecule has 0 saturated heterocycles. The maximum atomic E-state index is 5.64. The van der Waals surface area contributed by atoms with Crippen molar-refractivity contribution in [1.29, 1.82) is 0 Å². The summed E-state index contributed by atoms with van der Waals surface area (Å²) >= 11 is 1.56. The molecule has 4 nitrogen and oxygen atoms in total. The van der Waals surface area contributed by atoms with Crippen LogP contribution in [0.25, 0.3) is 0 Å². The van der Waals surface area contributed by atoms with Crippen LogP contribution in [-0.4, -0.2) is 9.97 Å². The second kappa shape index (κ2) is 5.33. The Labute approximate surface area is 105 Å². The molecule has 0 amide bonds. The fourth-order valence-corrected chi connectivity index (χ4v) is 2.36. The lowest BCUT2D eigenvalue weighted by atomic mass is 10.2. The van der Waals surface area contributed by atoms with Crippen LogP contribution < -0.4 is 5.73 Å². The third kappa shape index (κ3) is 2.87. The highest BCUT2D eigenvalue weighted by Crippen LogP contribution is 2.24. The van der Waals surface area contributed by atoms with Crippen molar-refractivity contribution >= 4 is 11.8 Å². The SMILES string of the molecule is Cc1nc(SCc2cccnc2CN)oc1C. The molecule has 0 aliphatic carbocycles. The average Bonchev–Trinajstić information content (AvgIpc) is 2.66. The number of thioether (sulfide) groups is 1. The minimum atomic E-state index is 0.459. The predicted octanol–water partition coefficient (Wildman–Crippen LogP) is 2.44. The molecular formula is C12H15N3OS. The number of hydrogen-bond donors (Lipinski definition) is 1. The number of nitrogens with two attached hydrogens (primary N) is 1. The number of aryl methyl sites for hydroxylation is 2. The van der Waals surface area contributed by atoms with Gasteiger partial charge < -0.3 is 10.2 Å². The van der Waals surface area contributed by atoms with E-state index in [-0.39, 0.29) is 0 Å². The molecule has 0 radical (unpaired) electrons. The van der Waals surface area contributed by atoms with Crippen molar-refractivity contribution in [2.24, 2.45) is 5.73 Å². The van der Waals surface area contributed by atoms with Crippen molar-refractivity contribution in [3.63, 3.8) is 0 Å². The normalized spacial score (nSPS) is 10.8. The van der Waals surface area contributed by atoms with Crippen LogP contribution in [0, 0.1) is 13.8 Å². The Morgan fingerprint density at radius 2 is 2.24 bits per heavy atom. The summed E-state index contributed by atoms with van der Waals surface area (Å²) in [6.45, 7) is 4.32. The van der Waals surface area contributed by atoms with E-state index in [9.17, 15) is 0 Å². The molecular weight excluding hydrogens is 234 g/mol. The van der Waals surface area contributed by atoms with Crippen LogP contribution in [0.3, 0.4) is 0 Å². The Hall–Kier alpha value is -1.33. The molecule has 2 aromatic heterocycles. The summed E-state index contributed by atoms with van der Waals surface area (Å²) in [5, 5.41) is 0.701. The van der Waals surface area contributed by atoms with E-state index in [1.54, 1.807) is 18.0 Å². The summed E-state index contributed by atoms with van der Waals surface area (Å²) in [6, 6.07) is 3.95. The molecule has 0 aliphatic rings. The summed E-state index contributed by atoms with van der Waals surface area (Å²) in [5.74, 6) is 1.65. The van der Waals surface area contributed by atoms with Gasteiger partial charge in [0.15, 0.2) is 0 Å². The maximum absolute atomic E-state index is 5.64. The molecule has 2 aromatic rings. The molecule has 2 heterocycles. The van der Waals surface area contributed by atoms with Gasteiger partial charge in [-0.2, -0.15) is 0 Å². The standard InChI is InChI=1S/C12H15N3OS/c1-8-9(2)16-12(15-8)17-7-10-4-3-5-14-11(10)6-13/h3-5H,6-7,13H2,1-2H3. The minimum Gasteiger partial charge on any atom is -0.437 e. The summed E-state index contributed by atoms with van der Waals surface area (Å²) < 4.78 is 5.51. The van der Waals surface area contributed by atoms with Crippen LogP contribution in [0.15, 0.2) is 28.0 Å². The van der Waals surface area contributed by atoms with Gasteiger partial charge in [-0.25, -0.2) is 4.98 Å². The molecule has 0 aliphatic heterocycles. The topological polar surface area (TPSA) is 64.9 Å². The molecule has 2 rings (SSSR count). The summed E-state index contributed by atoms with van der Waals surface area (Å²) in [6.07, 6.45) is 1.76. The van der Waals surface area contributed by atoms with Crippen LogP contribution >= 0.6 is 11.8 Å². The first-order valence-corrected chi connectivity index (χ1v) is 6.39. The van der Waals surface area contributed by atoms with E-state index in [0.717, 1.165) is 28.5 Å². The van der Waals surface area contributed by atoms with E-state index in [0.29, 0.717) is 11.8 Å². The van der Waals surface area contributed by atoms with Gasteiger partial charge in [0, 0.05) is 18.5 Å². The molecule has 90 valence electrons. The molecule has 5 heteroatoms. The smallest absolute Gasteiger partial charge is 0.256 e. The van der Waals surface area contributed by atoms with Crippen molar-refractivity contribution in [3.8, 4) is 0 Å². The number of hydrogen-bond acceptors (Lipinski definition) is 5. The third-order valence-corrected chi connectivity index (χ3v) is 3.41. The van der Waals surface area contributed by atoms with Crippen LogP contribution in [0.1, 0.15) is 22.7 Å². The number of nitrogens with zero attached hydrogens (tertiary/aromatic N) is 2. The van der Waals surface area contributed by atoms with E-state index < -0.39 is 0 Å². The van der Waals surface area contributed by atoms with Gasteiger partial charge in [0.2, 0.25) is 0 Å². The first kappa shape index (κ1) is 12.1. The zero-order valence-corrected chi connectivity index (χ0v) is 10.8. The zero-order valence-electron chi connectivity index (χ0n) is 9.93. The Bertz CT molecular complexity index is 491. The monoisotopic (exact) mass is 249 g/mol. The largest absolute Gasteiger partial charge is 0.437 e. The number of aromatic nitrogens is 2. The molecule has 0 spiro atoms. The molecule has 2 N–H and O–H groups in total. The number of rotatable bonds is 4. The van der Waals surface area contributed by atoms with Crippen LogP contribution in [-0.2, 0) is 12.3 Å². The fraction of sp³-hybridized carbons (Fsp3) is 0.333. The van der Waals surface area contributed by atoms with E-state index in [1.807, 2.05) is 26.0 Å². The molecule has 0 bridgehead atoms. The van der Waals surface area contributed by atoms with Crippen molar-refractivity contribution in [3.05, 3.63) is 41.0 Å². The third-order valence-electron chi connectivity index (χ3n) is 2.54. The summed E-state index contributed by atoms with van der Waals surface area (Å²) in [7, 11) is 0. The first-order chi connectivity index (χ1) is 8.20. The zero-order chi connectivity index (χ0) is 12.3. The van der Waals surface area contributed by atoms with E-state index in [4.69, 9.17) is 10.2 Å². The van der Waals surface area contributed by atoms with E-state index in [1.165, 1.54) is 0 Å². The molecule has 17 heavy (non-hydrogen) atoms. The van der Waals surface area contributed by atoms with Gasteiger partial charge in [-0.3, -0.25) is 4.98 Å². The van der Waals surface area contributed by atoms with Crippen molar-refractivity contribution < 1.29 is 4.42 Å². The number of pyridine rings is 1. The lowest BCUT2D eigenvalue weighted by Crippen LogP contribution is -2.03. The second-order valence-electron chi connectivity index (χ2n) is 3.72. The van der Waals surface area contributed by atoms with Gasteiger partial charge in [0.25, 0.3) is 5.22 Å². The Kier molecular flexibility index (Phi) is 3.81. The second-order valence-corrected chi connectivity index (χ2v) is 4.65. The highest BCUT2D eigenvalue weighted by molar-refractivity contribution is 7.98. The quantitative estimate of drug-likeness (QED) is 0.843. The minimum absolute atomic E-state index is 0.459. The lowest BCUT2D eigenvalue weighted by molar-refractivity contribution is 0.431. The summed E-state index contributed by atoms with van der Waals surface area (Å²) in [4.78, 5) is 8.57. The van der Waals surface area contributed by atoms with Gasteiger partial charge in [-0.05, 0) is 25.5 Å². The van der Waals surface area contributed by atoms with Gasteiger partial charge in [0.1, 0.15) is 5.76 Å².